The molecule has 0 saturated heterocycles. The van der Waals surface area contributed by atoms with Crippen molar-refractivity contribution in [2.75, 3.05) is 0 Å². The summed E-state index contributed by atoms with van der Waals surface area (Å²) in [7, 11) is 0. The van der Waals surface area contributed by atoms with Crippen molar-refractivity contribution in [3.8, 4) is 0 Å². The number of carboxylic acid groups (broad SMARTS) is 1. The van der Waals surface area contributed by atoms with Crippen LogP contribution in [0.4, 0.5) is 0 Å². The van der Waals surface area contributed by atoms with Crippen LogP contribution in [0.2, 0.25) is 0 Å². The fourth-order valence-electron chi connectivity index (χ4n) is 1.66. The number of hydrogen-bond acceptors (Lipinski definition) is 3. The van der Waals surface area contributed by atoms with Gasteiger partial charge < -0.3 is 10.4 Å². The first-order chi connectivity index (χ1) is 8.45. The maximum atomic E-state index is 11.9. The Labute approximate surface area is 106 Å². The minimum Gasteiger partial charge on any atom is -0.476 e. The summed E-state index contributed by atoms with van der Waals surface area (Å²) in [6.45, 7) is 5.69. The Bertz CT molecular complexity index is 428. The van der Waals surface area contributed by atoms with Crippen LogP contribution in [0.1, 0.15) is 50.1 Å². The summed E-state index contributed by atoms with van der Waals surface area (Å²) in [6, 6.07) is 0.971. The zero-order valence-corrected chi connectivity index (χ0v) is 10.9. The molecule has 0 aliphatic rings. The van der Waals surface area contributed by atoms with Crippen molar-refractivity contribution in [1.82, 2.24) is 15.1 Å². The third kappa shape index (κ3) is 3.58. The number of rotatable bonds is 6. The standard InChI is InChI=1S/C12H19N3O3/c1-4-5-8(2)13-11(16)9(3)15-7-6-10(14-15)12(17)18/h6-9H,4-5H2,1-3H3,(H,13,16)(H,17,18). The Morgan fingerprint density at radius 3 is 2.67 bits per heavy atom. The Morgan fingerprint density at radius 2 is 2.17 bits per heavy atom. The molecule has 0 aliphatic heterocycles. The van der Waals surface area contributed by atoms with Gasteiger partial charge in [-0.3, -0.25) is 9.48 Å². The molecule has 2 atom stereocenters. The van der Waals surface area contributed by atoms with E-state index >= 15 is 0 Å². The van der Waals surface area contributed by atoms with E-state index < -0.39 is 12.0 Å². The first-order valence-electron chi connectivity index (χ1n) is 6.04. The van der Waals surface area contributed by atoms with E-state index in [0.29, 0.717) is 0 Å². The summed E-state index contributed by atoms with van der Waals surface area (Å²) in [5.41, 5.74) is -0.0590. The number of nitrogens with one attached hydrogen (secondary N) is 1. The van der Waals surface area contributed by atoms with Crippen molar-refractivity contribution >= 4 is 11.9 Å². The molecule has 0 radical (unpaired) electrons. The molecule has 6 nitrogen and oxygen atoms in total. The average Bonchev–Trinajstić information content (AvgIpc) is 2.77. The average molecular weight is 253 g/mol. The van der Waals surface area contributed by atoms with Crippen molar-refractivity contribution in [3.05, 3.63) is 18.0 Å². The summed E-state index contributed by atoms with van der Waals surface area (Å²) >= 11 is 0. The highest BCUT2D eigenvalue weighted by Crippen LogP contribution is 2.07. The second-order valence-corrected chi connectivity index (χ2v) is 4.36. The van der Waals surface area contributed by atoms with Crippen molar-refractivity contribution in [2.45, 2.75) is 45.7 Å². The topological polar surface area (TPSA) is 84.2 Å². The van der Waals surface area contributed by atoms with E-state index in [9.17, 15) is 9.59 Å². The van der Waals surface area contributed by atoms with E-state index in [2.05, 4.69) is 17.3 Å². The predicted molar refractivity (Wildman–Crippen MR) is 66.4 cm³/mol. The van der Waals surface area contributed by atoms with Crippen LogP contribution < -0.4 is 5.32 Å². The zero-order chi connectivity index (χ0) is 13.7. The van der Waals surface area contributed by atoms with E-state index in [1.807, 2.05) is 6.92 Å². The van der Waals surface area contributed by atoms with E-state index in [4.69, 9.17) is 5.11 Å². The molecule has 18 heavy (non-hydrogen) atoms. The Morgan fingerprint density at radius 1 is 1.50 bits per heavy atom. The van der Waals surface area contributed by atoms with E-state index in [-0.39, 0.29) is 17.6 Å². The van der Waals surface area contributed by atoms with Gasteiger partial charge in [-0.1, -0.05) is 13.3 Å². The van der Waals surface area contributed by atoms with Crippen molar-refractivity contribution in [2.24, 2.45) is 0 Å². The van der Waals surface area contributed by atoms with Gasteiger partial charge in [0.1, 0.15) is 6.04 Å². The van der Waals surface area contributed by atoms with Crippen molar-refractivity contribution in [1.29, 1.82) is 0 Å². The van der Waals surface area contributed by atoms with E-state index in [1.165, 1.54) is 16.9 Å². The van der Waals surface area contributed by atoms with Crippen LogP contribution in [0.5, 0.6) is 0 Å². The van der Waals surface area contributed by atoms with Crippen LogP contribution in [-0.2, 0) is 4.79 Å². The number of aromatic nitrogens is 2. The molecule has 0 fully saturated rings. The van der Waals surface area contributed by atoms with Gasteiger partial charge in [-0.15, -0.1) is 0 Å². The lowest BCUT2D eigenvalue weighted by Gasteiger charge is -2.17. The Hall–Kier alpha value is -1.85. The van der Waals surface area contributed by atoms with Crippen LogP contribution >= 0.6 is 0 Å². The third-order valence-corrected chi connectivity index (χ3v) is 2.71. The van der Waals surface area contributed by atoms with Gasteiger partial charge in [0.15, 0.2) is 5.69 Å². The van der Waals surface area contributed by atoms with E-state index in [1.54, 1.807) is 6.92 Å². The molecule has 0 aromatic carbocycles. The van der Waals surface area contributed by atoms with Crippen LogP contribution in [0.3, 0.4) is 0 Å². The lowest BCUT2D eigenvalue weighted by atomic mass is 10.2. The maximum absolute atomic E-state index is 11.9. The number of carboxylic acids is 1. The number of amides is 1. The lowest BCUT2D eigenvalue weighted by Crippen LogP contribution is -2.37. The molecule has 1 aromatic heterocycles. The maximum Gasteiger partial charge on any atom is 0.356 e. The molecule has 1 heterocycles. The highest BCUT2D eigenvalue weighted by atomic mass is 16.4. The fourth-order valence-corrected chi connectivity index (χ4v) is 1.66. The summed E-state index contributed by atoms with van der Waals surface area (Å²) < 4.78 is 1.36. The zero-order valence-electron chi connectivity index (χ0n) is 10.9. The molecule has 0 spiro atoms. The summed E-state index contributed by atoms with van der Waals surface area (Å²) in [5, 5.41) is 15.5. The Kier molecular flexibility index (Phi) is 4.88. The number of nitrogens with zero attached hydrogens (tertiary/aromatic N) is 2. The Balaban J connectivity index is 2.65. The molecule has 0 aliphatic carbocycles. The second-order valence-electron chi connectivity index (χ2n) is 4.36. The molecule has 1 amide bonds. The molecule has 0 bridgehead atoms. The molecular weight excluding hydrogens is 234 g/mol. The largest absolute Gasteiger partial charge is 0.476 e. The first-order valence-corrected chi connectivity index (χ1v) is 6.04. The number of aromatic carboxylic acids is 1. The molecular formula is C12H19N3O3. The van der Waals surface area contributed by atoms with Gasteiger partial charge in [0.2, 0.25) is 5.91 Å². The van der Waals surface area contributed by atoms with Gasteiger partial charge in [0.05, 0.1) is 0 Å². The second kappa shape index (κ2) is 6.18. The third-order valence-electron chi connectivity index (χ3n) is 2.71. The van der Waals surface area contributed by atoms with Crippen molar-refractivity contribution < 1.29 is 14.7 Å². The molecule has 100 valence electrons. The summed E-state index contributed by atoms with van der Waals surface area (Å²) in [5.74, 6) is -1.25. The van der Waals surface area contributed by atoms with Crippen LogP contribution in [-0.4, -0.2) is 32.8 Å². The molecule has 2 N–H and O–H groups in total. The molecule has 0 saturated carbocycles. The van der Waals surface area contributed by atoms with Gasteiger partial charge in [0.25, 0.3) is 0 Å². The summed E-state index contributed by atoms with van der Waals surface area (Å²) in [6.07, 6.45) is 3.41. The number of hydrogen-bond donors (Lipinski definition) is 2. The predicted octanol–water partition coefficient (Wildman–Crippen LogP) is 1.45. The molecule has 2 unspecified atom stereocenters. The highest BCUT2D eigenvalue weighted by molar-refractivity contribution is 5.85. The summed E-state index contributed by atoms with van der Waals surface area (Å²) in [4.78, 5) is 22.6. The smallest absolute Gasteiger partial charge is 0.356 e. The minimum atomic E-state index is -1.10. The van der Waals surface area contributed by atoms with Gasteiger partial charge in [0, 0.05) is 12.2 Å². The highest BCUT2D eigenvalue weighted by Gasteiger charge is 2.18. The number of carbonyl (C=O) groups excluding carboxylic acids is 1. The van der Waals surface area contributed by atoms with Crippen LogP contribution in [0.25, 0.3) is 0 Å². The van der Waals surface area contributed by atoms with Gasteiger partial charge >= 0.3 is 5.97 Å². The molecule has 1 aromatic rings. The quantitative estimate of drug-likeness (QED) is 0.803. The van der Waals surface area contributed by atoms with Crippen LogP contribution in [0.15, 0.2) is 12.3 Å². The lowest BCUT2D eigenvalue weighted by molar-refractivity contribution is -0.124. The fraction of sp³-hybridized carbons (Fsp3) is 0.583. The van der Waals surface area contributed by atoms with Crippen LogP contribution in [0, 0.1) is 0 Å². The monoisotopic (exact) mass is 253 g/mol. The van der Waals surface area contributed by atoms with Gasteiger partial charge in [-0.05, 0) is 26.3 Å². The SMILES string of the molecule is CCCC(C)NC(=O)C(C)n1ccc(C(=O)O)n1. The molecule has 6 heteroatoms. The van der Waals surface area contributed by atoms with Gasteiger partial charge in [-0.25, -0.2) is 4.79 Å². The number of carbonyl (C=O) groups is 2. The van der Waals surface area contributed by atoms with Gasteiger partial charge in [-0.2, -0.15) is 5.10 Å². The molecule has 1 rings (SSSR count). The van der Waals surface area contributed by atoms with E-state index in [0.717, 1.165) is 12.8 Å². The first kappa shape index (κ1) is 14.2. The normalized spacial score (nSPS) is 13.9. The minimum absolute atomic E-state index is 0.0590. The van der Waals surface area contributed by atoms with Crippen molar-refractivity contribution in [3.63, 3.8) is 0 Å².